The van der Waals surface area contributed by atoms with Crippen LogP contribution in [-0.2, 0) is 9.59 Å². The number of ketones is 1. The van der Waals surface area contributed by atoms with Crippen LogP contribution in [0.1, 0.15) is 20.8 Å². The fourth-order valence-electron chi connectivity index (χ4n) is 1.02. The molecule has 3 nitrogen and oxygen atoms in total. The first kappa shape index (κ1) is 17.7. The second-order valence-electron chi connectivity index (χ2n) is 4.91. The molecule has 0 aliphatic rings. The quantitative estimate of drug-likeness (QED) is 0.812. The van der Waals surface area contributed by atoms with Gasteiger partial charge in [-0.1, -0.05) is 20.8 Å². The minimum Gasteiger partial charge on any atom is -0.348 e. The van der Waals surface area contributed by atoms with Crippen LogP contribution in [0.4, 0.5) is 26.3 Å². The summed E-state index contributed by atoms with van der Waals surface area (Å²) in [6.07, 6.45) is -11.5. The molecule has 112 valence electrons. The monoisotopic (exact) mass is 293 g/mol. The molecule has 9 heteroatoms. The molecular formula is C10H13F6NO2. The van der Waals surface area contributed by atoms with Crippen LogP contribution in [0.2, 0.25) is 0 Å². The normalized spacial score (nSPS) is 13.6. The SMILES string of the molecule is CC(C)(C)C(=O)CNC(=O)C(C(F)(F)F)C(F)(F)F. The van der Waals surface area contributed by atoms with Gasteiger partial charge in [-0.05, 0) is 0 Å². The van der Waals surface area contributed by atoms with Gasteiger partial charge in [-0.25, -0.2) is 0 Å². The van der Waals surface area contributed by atoms with E-state index in [2.05, 4.69) is 0 Å². The van der Waals surface area contributed by atoms with Crippen LogP contribution in [0.5, 0.6) is 0 Å². The summed E-state index contributed by atoms with van der Waals surface area (Å²) in [5.74, 6) is -7.09. The summed E-state index contributed by atoms with van der Waals surface area (Å²) in [4.78, 5) is 22.3. The fourth-order valence-corrected chi connectivity index (χ4v) is 1.02. The predicted octanol–water partition coefficient (Wildman–Crippen LogP) is 2.46. The highest BCUT2D eigenvalue weighted by Crippen LogP contribution is 2.39. The number of Topliss-reactive ketones (excluding diaryl/α,β-unsaturated/α-hetero) is 1. The topological polar surface area (TPSA) is 46.2 Å². The average Bonchev–Trinajstić information content (AvgIpc) is 2.07. The highest BCUT2D eigenvalue weighted by molar-refractivity contribution is 5.90. The number of carbonyl (C=O) groups is 2. The molecule has 0 saturated heterocycles. The Morgan fingerprint density at radius 1 is 0.947 bits per heavy atom. The molecule has 0 aromatic heterocycles. The number of nitrogens with one attached hydrogen (secondary N) is 1. The van der Waals surface area contributed by atoms with Crippen LogP contribution in [0.15, 0.2) is 0 Å². The van der Waals surface area contributed by atoms with Gasteiger partial charge in [0.15, 0.2) is 5.78 Å². The average molecular weight is 293 g/mol. The molecule has 0 heterocycles. The van der Waals surface area contributed by atoms with Crippen molar-refractivity contribution in [1.29, 1.82) is 0 Å². The Hall–Kier alpha value is -1.28. The van der Waals surface area contributed by atoms with Crippen molar-refractivity contribution < 1.29 is 35.9 Å². The van der Waals surface area contributed by atoms with E-state index >= 15 is 0 Å². The molecule has 0 aromatic carbocycles. The first-order valence-corrected chi connectivity index (χ1v) is 5.12. The lowest BCUT2D eigenvalue weighted by Crippen LogP contribution is -2.49. The molecule has 0 saturated carbocycles. The lowest BCUT2D eigenvalue weighted by Gasteiger charge is -2.23. The molecular weight excluding hydrogens is 280 g/mol. The highest BCUT2D eigenvalue weighted by atomic mass is 19.4. The maximum atomic E-state index is 12.2. The Labute approximate surface area is 105 Å². The Kier molecular flexibility index (Phi) is 5.01. The van der Waals surface area contributed by atoms with E-state index in [9.17, 15) is 35.9 Å². The predicted molar refractivity (Wildman–Crippen MR) is 53.1 cm³/mol. The van der Waals surface area contributed by atoms with Gasteiger partial charge < -0.3 is 5.32 Å². The molecule has 0 fully saturated rings. The van der Waals surface area contributed by atoms with Crippen molar-refractivity contribution in [3.8, 4) is 0 Å². The van der Waals surface area contributed by atoms with Gasteiger partial charge in [0.2, 0.25) is 11.8 Å². The number of alkyl halides is 6. The van der Waals surface area contributed by atoms with E-state index in [4.69, 9.17) is 0 Å². The van der Waals surface area contributed by atoms with Crippen molar-refractivity contribution in [3.63, 3.8) is 0 Å². The third kappa shape index (κ3) is 5.48. The molecule has 1 N–H and O–H groups in total. The highest BCUT2D eigenvalue weighted by Gasteiger charge is 2.61. The van der Waals surface area contributed by atoms with Gasteiger partial charge in [-0.15, -0.1) is 0 Å². The van der Waals surface area contributed by atoms with Crippen molar-refractivity contribution in [1.82, 2.24) is 5.32 Å². The second kappa shape index (κ2) is 5.38. The van der Waals surface area contributed by atoms with E-state index < -0.39 is 41.9 Å². The molecule has 0 atom stereocenters. The Morgan fingerprint density at radius 2 is 1.32 bits per heavy atom. The maximum Gasteiger partial charge on any atom is 0.409 e. The minimum absolute atomic E-state index is 0.677. The number of rotatable bonds is 3. The molecule has 0 radical (unpaired) electrons. The molecule has 0 spiro atoms. The van der Waals surface area contributed by atoms with Crippen LogP contribution in [0.25, 0.3) is 0 Å². The Morgan fingerprint density at radius 3 is 1.58 bits per heavy atom. The zero-order chi connectivity index (χ0) is 15.6. The molecule has 0 aliphatic carbocycles. The molecule has 0 bridgehead atoms. The van der Waals surface area contributed by atoms with E-state index in [-0.39, 0.29) is 0 Å². The number of hydrogen-bond donors (Lipinski definition) is 1. The molecule has 1 amide bonds. The third-order valence-electron chi connectivity index (χ3n) is 2.18. The fraction of sp³-hybridized carbons (Fsp3) is 0.800. The van der Waals surface area contributed by atoms with E-state index in [0.717, 1.165) is 0 Å². The lowest BCUT2D eigenvalue weighted by atomic mass is 9.91. The van der Waals surface area contributed by atoms with Gasteiger partial charge in [-0.3, -0.25) is 9.59 Å². The summed E-state index contributed by atoms with van der Waals surface area (Å²) in [5.41, 5.74) is -0.973. The maximum absolute atomic E-state index is 12.2. The molecule has 19 heavy (non-hydrogen) atoms. The first-order valence-electron chi connectivity index (χ1n) is 5.12. The molecule has 0 aromatic rings. The largest absolute Gasteiger partial charge is 0.409 e. The van der Waals surface area contributed by atoms with Crippen molar-refractivity contribution in [2.45, 2.75) is 33.1 Å². The second-order valence-corrected chi connectivity index (χ2v) is 4.91. The van der Waals surface area contributed by atoms with Crippen LogP contribution in [0, 0.1) is 11.3 Å². The summed E-state index contributed by atoms with van der Waals surface area (Å²) < 4.78 is 73.0. The zero-order valence-electron chi connectivity index (χ0n) is 10.4. The van der Waals surface area contributed by atoms with Crippen molar-refractivity contribution in [3.05, 3.63) is 0 Å². The Balaban J connectivity index is 4.85. The van der Waals surface area contributed by atoms with Gasteiger partial charge in [0.1, 0.15) is 0 Å². The van der Waals surface area contributed by atoms with Crippen molar-refractivity contribution in [2.24, 2.45) is 11.3 Å². The molecule has 0 rings (SSSR count). The zero-order valence-corrected chi connectivity index (χ0v) is 10.4. The standard InChI is InChI=1S/C10H13F6NO2/c1-8(2,3)5(18)4-17-7(19)6(9(11,12)13)10(14,15)16/h6H,4H2,1-3H3,(H,17,19). The summed E-state index contributed by atoms with van der Waals surface area (Å²) in [7, 11) is 0. The van der Waals surface area contributed by atoms with E-state index in [0.29, 0.717) is 0 Å². The van der Waals surface area contributed by atoms with Gasteiger partial charge in [0, 0.05) is 5.41 Å². The van der Waals surface area contributed by atoms with Crippen LogP contribution in [0.3, 0.4) is 0 Å². The van der Waals surface area contributed by atoms with Crippen molar-refractivity contribution >= 4 is 11.7 Å². The summed E-state index contributed by atoms with van der Waals surface area (Å²) in [6.45, 7) is 3.39. The van der Waals surface area contributed by atoms with Gasteiger partial charge in [0.25, 0.3) is 0 Å². The molecule has 0 aliphatic heterocycles. The number of hydrogen-bond acceptors (Lipinski definition) is 2. The van der Waals surface area contributed by atoms with Crippen LogP contribution in [-0.4, -0.2) is 30.6 Å². The smallest absolute Gasteiger partial charge is 0.348 e. The minimum atomic E-state index is -5.76. The number of carbonyl (C=O) groups excluding carboxylic acids is 2. The van der Waals surface area contributed by atoms with Crippen LogP contribution < -0.4 is 5.32 Å². The van der Waals surface area contributed by atoms with Crippen LogP contribution >= 0.6 is 0 Å². The summed E-state index contributed by atoms with van der Waals surface area (Å²) in [5, 5.41) is 1.37. The van der Waals surface area contributed by atoms with E-state index in [1.54, 1.807) is 0 Å². The Bertz CT molecular complexity index is 339. The van der Waals surface area contributed by atoms with Crippen molar-refractivity contribution in [2.75, 3.05) is 6.54 Å². The summed E-state index contributed by atoms with van der Waals surface area (Å²) in [6, 6.07) is 0. The number of halogens is 6. The molecule has 0 unspecified atom stereocenters. The van der Waals surface area contributed by atoms with Gasteiger partial charge in [-0.2, -0.15) is 26.3 Å². The summed E-state index contributed by atoms with van der Waals surface area (Å²) >= 11 is 0. The first-order chi connectivity index (χ1) is 8.17. The third-order valence-corrected chi connectivity index (χ3v) is 2.18. The van der Waals surface area contributed by atoms with E-state index in [1.165, 1.54) is 26.1 Å². The lowest BCUT2D eigenvalue weighted by molar-refractivity contribution is -0.274. The van der Waals surface area contributed by atoms with Gasteiger partial charge >= 0.3 is 12.4 Å². The number of amides is 1. The van der Waals surface area contributed by atoms with Gasteiger partial charge in [0.05, 0.1) is 6.54 Å². The van der Waals surface area contributed by atoms with E-state index in [1.807, 2.05) is 0 Å².